The minimum Gasteiger partial charge on any atom is -0.495 e. The highest BCUT2D eigenvalue weighted by Gasteiger charge is 2.28. The van der Waals surface area contributed by atoms with E-state index in [9.17, 15) is 4.79 Å². The molecule has 6 heteroatoms. The number of benzene rings is 2. The lowest BCUT2D eigenvalue weighted by Crippen LogP contribution is -2.37. The fourth-order valence-electron chi connectivity index (χ4n) is 5.55. The monoisotopic (exact) mass is 510 g/mol. The van der Waals surface area contributed by atoms with Gasteiger partial charge in [0.2, 0.25) is 0 Å². The van der Waals surface area contributed by atoms with E-state index in [1.54, 1.807) is 7.11 Å². The van der Waals surface area contributed by atoms with Crippen LogP contribution in [0.3, 0.4) is 0 Å². The van der Waals surface area contributed by atoms with Crippen molar-refractivity contribution in [2.75, 3.05) is 31.6 Å². The molecule has 3 aliphatic heterocycles. The third-order valence-corrected chi connectivity index (χ3v) is 7.65. The lowest BCUT2D eigenvalue weighted by molar-refractivity contribution is -0.118. The van der Waals surface area contributed by atoms with Crippen molar-refractivity contribution in [2.45, 2.75) is 45.1 Å². The topological polar surface area (TPSA) is 56.8 Å². The van der Waals surface area contributed by atoms with Crippen LogP contribution in [0.1, 0.15) is 49.7 Å². The Kier molecular flexibility index (Phi) is 8.17. The van der Waals surface area contributed by atoms with E-state index >= 15 is 0 Å². The largest absolute Gasteiger partial charge is 0.495 e. The number of methoxy groups -OCH3 is 1. The second-order valence-electron chi connectivity index (χ2n) is 9.95. The predicted octanol–water partition coefficient (Wildman–Crippen LogP) is 5.55. The van der Waals surface area contributed by atoms with E-state index in [1.165, 1.54) is 24.1 Å². The lowest BCUT2D eigenvalue weighted by Gasteiger charge is -2.34. The summed E-state index contributed by atoms with van der Waals surface area (Å²) in [6, 6.07) is 19.5. The zero-order chi connectivity index (χ0) is 26.3. The number of nitrogens with one attached hydrogen (secondary N) is 2. The molecule has 5 rings (SSSR count). The average Bonchev–Trinajstić information content (AvgIpc) is 2.97. The van der Waals surface area contributed by atoms with Gasteiger partial charge in [0, 0.05) is 43.8 Å². The first-order valence-electron chi connectivity index (χ1n) is 13.7. The Morgan fingerprint density at radius 1 is 1.08 bits per heavy atom. The van der Waals surface area contributed by atoms with Crippen molar-refractivity contribution >= 4 is 11.6 Å². The van der Waals surface area contributed by atoms with E-state index in [2.05, 4.69) is 83.1 Å². The molecule has 2 N–H and O–H groups in total. The zero-order valence-corrected chi connectivity index (χ0v) is 22.5. The van der Waals surface area contributed by atoms with Gasteiger partial charge in [0.25, 0.3) is 5.91 Å². The molecule has 1 saturated heterocycles. The molecular weight excluding hydrogens is 472 g/mol. The van der Waals surface area contributed by atoms with Gasteiger partial charge in [0.1, 0.15) is 11.5 Å². The number of rotatable bonds is 7. The number of nitrogens with zero attached hydrogens (tertiary/aromatic N) is 2. The molecule has 198 valence electrons. The normalized spacial score (nSPS) is 21.3. The molecule has 0 bridgehead atoms. The van der Waals surface area contributed by atoms with Gasteiger partial charge in [-0.2, -0.15) is 0 Å². The number of carbonyl (C=O) groups is 1. The van der Waals surface area contributed by atoms with Crippen LogP contribution < -0.4 is 15.5 Å². The van der Waals surface area contributed by atoms with Crippen LogP contribution in [0.25, 0.3) is 0 Å². The van der Waals surface area contributed by atoms with Crippen LogP contribution in [0, 0.1) is 0 Å². The number of anilines is 1. The Hall–Kier alpha value is -3.93. The number of piperidine rings is 1. The Morgan fingerprint density at radius 2 is 1.84 bits per heavy atom. The molecule has 0 spiro atoms. The van der Waals surface area contributed by atoms with Gasteiger partial charge in [-0.25, -0.2) is 0 Å². The highest BCUT2D eigenvalue weighted by Crippen LogP contribution is 2.31. The summed E-state index contributed by atoms with van der Waals surface area (Å²) >= 11 is 0. The van der Waals surface area contributed by atoms with Crippen LogP contribution in [0.4, 0.5) is 5.69 Å². The van der Waals surface area contributed by atoms with Gasteiger partial charge in [-0.1, -0.05) is 55.5 Å². The molecule has 0 aliphatic carbocycles. The number of carbonyl (C=O) groups excluding carboxylic acids is 1. The summed E-state index contributed by atoms with van der Waals surface area (Å²) in [4.78, 5) is 18.0. The number of hydrogen-bond acceptors (Lipinski definition) is 5. The molecule has 1 fully saturated rings. The number of amides is 1. The molecule has 2 aromatic rings. The highest BCUT2D eigenvalue weighted by molar-refractivity contribution is 5.94. The molecule has 3 heterocycles. The number of fused-ring (bicyclic) bond motifs is 1. The third-order valence-electron chi connectivity index (χ3n) is 7.65. The van der Waals surface area contributed by atoms with Gasteiger partial charge < -0.3 is 25.2 Å². The maximum absolute atomic E-state index is 13.5. The summed E-state index contributed by atoms with van der Waals surface area (Å²) in [5, 5.41) is 6.61. The second kappa shape index (κ2) is 12.1. The van der Waals surface area contributed by atoms with Crippen molar-refractivity contribution in [1.82, 2.24) is 15.5 Å². The Balaban J connectivity index is 1.22. The average molecular weight is 511 g/mol. The quantitative estimate of drug-likeness (QED) is 0.512. The van der Waals surface area contributed by atoms with Gasteiger partial charge in [0.05, 0.1) is 12.8 Å². The van der Waals surface area contributed by atoms with Crippen molar-refractivity contribution < 1.29 is 9.53 Å². The van der Waals surface area contributed by atoms with Crippen molar-refractivity contribution in [2.24, 2.45) is 0 Å². The Bertz CT molecular complexity index is 1240. The maximum atomic E-state index is 13.5. The fraction of sp³-hybridized carbons (Fsp3) is 0.344. The minimum atomic E-state index is -0.101. The number of hydrogen-bond donors (Lipinski definition) is 2. The predicted molar refractivity (Wildman–Crippen MR) is 153 cm³/mol. The first-order valence-corrected chi connectivity index (χ1v) is 13.7. The molecular formula is C32H38N4O2. The smallest absolute Gasteiger partial charge is 0.270 e. The minimum absolute atomic E-state index is 0.101. The van der Waals surface area contributed by atoms with Crippen LogP contribution in [-0.4, -0.2) is 37.6 Å². The summed E-state index contributed by atoms with van der Waals surface area (Å²) in [6.07, 6.45) is 11.8. The van der Waals surface area contributed by atoms with Crippen LogP contribution in [0.15, 0.2) is 102 Å². The van der Waals surface area contributed by atoms with Gasteiger partial charge >= 0.3 is 0 Å². The fourth-order valence-corrected chi connectivity index (χ4v) is 5.55. The standard InChI is InChI=1S/C32H38N4O2/c1-3-28-31(36-20-8-12-30(38-2)29(36)11-7-19-33-28)32(37)34-23-24-13-15-27(16-14-24)35-21-17-26(18-22-35)25-9-5-4-6-10-25/h4-6,8-16,20,26,33H,3,7,17-19,21-23H2,1-2H3,(H,34,37)/b29-11+,31-28-. The molecule has 0 atom stereocenters. The molecule has 0 aromatic heterocycles. The summed E-state index contributed by atoms with van der Waals surface area (Å²) in [6.45, 7) is 5.45. The SMILES string of the molecule is CC/C1=C(\C(=O)NCc2ccc(N3CCC(c4ccccc4)CC3)cc2)N2C=CC=C(OC)/C2=C\CCN1. The molecule has 1 amide bonds. The van der Waals surface area contributed by atoms with Gasteiger partial charge in [-0.3, -0.25) is 4.79 Å². The number of ether oxygens (including phenoxy) is 1. The van der Waals surface area contributed by atoms with Crippen LogP contribution >= 0.6 is 0 Å². The van der Waals surface area contributed by atoms with E-state index in [0.29, 0.717) is 18.2 Å². The molecule has 38 heavy (non-hydrogen) atoms. The molecule has 2 aromatic carbocycles. The van der Waals surface area contributed by atoms with Crippen LogP contribution in [-0.2, 0) is 16.1 Å². The Morgan fingerprint density at radius 3 is 2.55 bits per heavy atom. The summed E-state index contributed by atoms with van der Waals surface area (Å²) in [5.74, 6) is 1.31. The highest BCUT2D eigenvalue weighted by atomic mass is 16.5. The van der Waals surface area contributed by atoms with Gasteiger partial charge in [0.15, 0.2) is 0 Å². The molecule has 0 saturated carbocycles. The maximum Gasteiger partial charge on any atom is 0.270 e. The molecule has 0 radical (unpaired) electrons. The van der Waals surface area contributed by atoms with E-state index < -0.39 is 0 Å². The summed E-state index contributed by atoms with van der Waals surface area (Å²) in [5.41, 5.74) is 6.25. The van der Waals surface area contributed by atoms with Crippen molar-refractivity contribution in [3.8, 4) is 0 Å². The molecule has 0 unspecified atom stereocenters. The van der Waals surface area contributed by atoms with Crippen LogP contribution in [0.2, 0.25) is 0 Å². The first kappa shape index (κ1) is 25.7. The second-order valence-corrected chi connectivity index (χ2v) is 9.95. The summed E-state index contributed by atoms with van der Waals surface area (Å²) < 4.78 is 5.59. The van der Waals surface area contributed by atoms with Gasteiger partial charge in [-0.15, -0.1) is 0 Å². The van der Waals surface area contributed by atoms with Gasteiger partial charge in [-0.05, 0) is 67.0 Å². The zero-order valence-electron chi connectivity index (χ0n) is 22.5. The lowest BCUT2D eigenvalue weighted by atomic mass is 9.89. The third kappa shape index (κ3) is 5.64. The number of allylic oxidation sites excluding steroid dienone is 3. The van der Waals surface area contributed by atoms with E-state index in [1.807, 2.05) is 23.3 Å². The van der Waals surface area contributed by atoms with Crippen molar-refractivity contribution in [3.63, 3.8) is 0 Å². The van der Waals surface area contributed by atoms with E-state index in [0.717, 1.165) is 55.2 Å². The summed E-state index contributed by atoms with van der Waals surface area (Å²) in [7, 11) is 1.67. The van der Waals surface area contributed by atoms with E-state index in [4.69, 9.17) is 4.74 Å². The Labute approximate surface area is 226 Å². The van der Waals surface area contributed by atoms with Crippen molar-refractivity contribution in [3.05, 3.63) is 113 Å². The first-order chi connectivity index (χ1) is 18.7. The molecule has 6 nitrogen and oxygen atoms in total. The van der Waals surface area contributed by atoms with Crippen molar-refractivity contribution in [1.29, 1.82) is 0 Å². The van der Waals surface area contributed by atoms with E-state index in [-0.39, 0.29) is 5.91 Å². The molecule has 3 aliphatic rings. The van der Waals surface area contributed by atoms with Crippen LogP contribution in [0.5, 0.6) is 0 Å².